The van der Waals surface area contributed by atoms with Crippen molar-refractivity contribution in [3.05, 3.63) is 112 Å². The molecule has 1 N–H and O–H groups in total. The maximum Gasteiger partial charge on any atom is 0.257 e. The second-order valence-electron chi connectivity index (χ2n) is 13.5. The van der Waals surface area contributed by atoms with E-state index < -0.39 is 6.04 Å². The van der Waals surface area contributed by atoms with Gasteiger partial charge in [-0.1, -0.05) is 58.7 Å². The van der Waals surface area contributed by atoms with Gasteiger partial charge in [-0.15, -0.1) is 5.10 Å². The van der Waals surface area contributed by atoms with Crippen molar-refractivity contribution in [1.29, 1.82) is 0 Å². The van der Waals surface area contributed by atoms with Gasteiger partial charge in [0.05, 0.1) is 34.4 Å². The molecule has 11 nitrogen and oxygen atoms in total. The maximum atomic E-state index is 13.8. The molecule has 8 rings (SSSR count). The molecule has 2 aliphatic heterocycles. The Morgan fingerprint density at radius 1 is 0.882 bits per heavy atom. The van der Waals surface area contributed by atoms with Crippen molar-refractivity contribution in [2.75, 3.05) is 25.0 Å². The first-order chi connectivity index (χ1) is 24.7. The summed E-state index contributed by atoms with van der Waals surface area (Å²) in [6, 6.07) is 19.8. The van der Waals surface area contributed by atoms with E-state index in [1.165, 1.54) is 0 Å². The molecule has 0 radical (unpaired) electrons. The molecule has 5 aromatic rings. The number of carbonyl (C=O) groups excluding carboxylic acids is 3. The predicted molar refractivity (Wildman–Crippen MR) is 194 cm³/mol. The normalized spacial score (nSPS) is 18.0. The Kier molecular flexibility index (Phi) is 8.85. The van der Waals surface area contributed by atoms with Gasteiger partial charge in [-0.2, -0.15) is 5.10 Å². The first-order valence-electron chi connectivity index (χ1n) is 17.3. The van der Waals surface area contributed by atoms with E-state index in [2.05, 4.69) is 20.7 Å². The average Bonchev–Trinajstić information content (AvgIpc) is 3.49. The molecule has 0 spiro atoms. The Bertz CT molecular complexity index is 2140. The second-order valence-corrected chi connectivity index (χ2v) is 14.4. The third-order valence-electron chi connectivity index (χ3n) is 10.2. The standard InChI is InChI=1S/C38H36Cl2N8O3/c1-23-7-8-25(19-29(23)36(49)42-27-5-3-2-4-6-27)32-22-47(44-43-32)34-15-18-46(38(34)51)28-13-16-45(17-14-28)37(50)30-21-41-48(35(30)24-9-10-24)33-12-11-26(39)20-31(33)40/h2-8,11-12,19-22,24,28,34H,9-10,13-18H2,1H3,(H,42,49). The van der Waals surface area contributed by atoms with E-state index in [0.29, 0.717) is 71.5 Å². The monoisotopic (exact) mass is 722 g/mol. The highest BCUT2D eigenvalue weighted by molar-refractivity contribution is 6.35. The molecular weight excluding hydrogens is 687 g/mol. The number of para-hydroxylation sites is 1. The van der Waals surface area contributed by atoms with Gasteiger partial charge in [0, 0.05) is 53.4 Å². The summed E-state index contributed by atoms with van der Waals surface area (Å²) < 4.78 is 3.43. The highest BCUT2D eigenvalue weighted by atomic mass is 35.5. The number of nitrogens with zero attached hydrogens (tertiary/aromatic N) is 7. The first-order valence-corrected chi connectivity index (χ1v) is 18.0. The van der Waals surface area contributed by atoms with E-state index in [1.54, 1.807) is 33.9 Å². The van der Waals surface area contributed by atoms with E-state index in [-0.39, 0.29) is 29.7 Å². The summed E-state index contributed by atoms with van der Waals surface area (Å²) in [5.41, 5.74) is 5.66. The average molecular weight is 724 g/mol. The highest BCUT2D eigenvalue weighted by Crippen LogP contribution is 2.43. The Labute approximate surface area is 305 Å². The summed E-state index contributed by atoms with van der Waals surface area (Å²) in [5.74, 6) is 0.0347. The molecule has 1 unspecified atom stereocenters. The molecule has 1 aliphatic carbocycles. The minimum absolute atomic E-state index is 0.0141. The van der Waals surface area contributed by atoms with Gasteiger partial charge in [-0.05, 0) is 81.0 Å². The van der Waals surface area contributed by atoms with Crippen LogP contribution in [-0.2, 0) is 4.79 Å². The number of halogens is 2. The van der Waals surface area contributed by atoms with Gasteiger partial charge in [0.1, 0.15) is 11.7 Å². The SMILES string of the molecule is Cc1ccc(-c2cn(C3CCN(C4CCN(C(=O)c5cnn(-c6ccc(Cl)cc6Cl)c5C5CC5)CC4)C3=O)nn2)cc1C(=O)Nc1ccccc1. The summed E-state index contributed by atoms with van der Waals surface area (Å²) in [5, 5.41) is 17.3. The van der Waals surface area contributed by atoms with Crippen LogP contribution in [0.2, 0.25) is 10.0 Å². The third kappa shape index (κ3) is 6.52. The molecule has 3 fully saturated rings. The van der Waals surface area contributed by atoms with Crippen LogP contribution in [0.5, 0.6) is 0 Å². The van der Waals surface area contributed by atoms with Crippen molar-refractivity contribution >= 4 is 46.6 Å². The molecule has 3 aromatic carbocycles. The molecule has 51 heavy (non-hydrogen) atoms. The fourth-order valence-electron chi connectivity index (χ4n) is 7.27. The minimum atomic E-state index is -0.455. The van der Waals surface area contributed by atoms with Gasteiger partial charge in [-0.3, -0.25) is 14.4 Å². The van der Waals surface area contributed by atoms with Gasteiger partial charge in [0.2, 0.25) is 5.91 Å². The summed E-state index contributed by atoms with van der Waals surface area (Å²) in [6.45, 7) is 3.61. The van der Waals surface area contributed by atoms with Crippen molar-refractivity contribution in [2.24, 2.45) is 0 Å². The maximum absolute atomic E-state index is 13.8. The minimum Gasteiger partial charge on any atom is -0.338 e. The molecule has 3 aliphatic rings. The summed E-state index contributed by atoms with van der Waals surface area (Å²) >= 11 is 12.6. The van der Waals surface area contributed by atoms with Crippen molar-refractivity contribution in [3.63, 3.8) is 0 Å². The van der Waals surface area contributed by atoms with Crippen LogP contribution in [0.15, 0.2) is 79.1 Å². The van der Waals surface area contributed by atoms with E-state index in [4.69, 9.17) is 23.2 Å². The fraction of sp³-hybridized carbons (Fsp3) is 0.316. The summed E-state index contributed by atoms with van der Waals surface area (Å²) in [7, 11) is 0. The van der Waals surface area contributed by atoms with Gasteiger partial charge in [0.25, 0.3) is 11.8 Å². The molecule has 1 atom stereocenters. The molecule has 2 aromatic heterocycles. The van der Waals surface area contributed by atoms with Crippen LogP contribution in [0.3, 0.4) is 0 Å². The van der Waals surface area contributed by atoms with Crippen molar-refractivity contribution < 1.29 is 14.4 Å². The number of aromatic nitrogens is 5. The molecular formula is C38H36Cl2N8O3. The number of anilines is 1. The Morgan fingerprint density at radius 3 is 2.41 bits per heavy atom. The van der Waals surface area contributed by atoms with Crippen LogP contribution in [0.4, 0.5) is 5.69 Å². The quantitative estimate of drug-likeness (QED) is 0.185. The zero-order valence-corrected chi connectivity index (χ0v) is 29.5. The van der Waals surface area contributed by atoms with E-state index in [9.17, 15) is 14.4 Å². The number of nitrogens with one attached hydrogen (secondary N) is 1. The third-order valence-corrected chi connectivity index (χ3v) is 10.7. The number of aryl methyl sites for hydroxylation is 1. The number of piperidine rings is 1. The number of benzene rings is 3. The number of hydrogen-bond donors (Lipinski definition) is 1. The van der Waals surface area contributed by atoms with Gasteiger partial charge in [-0.25, -0.2) is 9.36 Å². The predicted octanol–water partition coefficient (Wildman–Crippen LogP) is 6.95. The van der Waals surface area contributed by atoms with Gasteiger partial charge in [0.15, 0.2) is 0 Å². The van der Waals surface area contributed by atoms with Crippen LogP contribution in [0.1, 0.15) is 76.0 Å². The topological polar surface area (TPSA) is 118 Å². The smallest absolute Gasteiger partial charge is 0.257 e. The van der Waals surface area contributed by atoms with Crippen molar-refractivity contribution in [2.45, 2.75) is 57.0 Å². The molecule has 3 amide bonds. The lowest BCUT2D eigenvalue weighted by Gasteiger charge is -2.36. The summed E-state index contributed by atoms with van der Waals surface area (Å²) in [4.78, 5) is 44.5. The van der Waals surface area contributed by atoms with E-state index in [1.807, 2.05) is 71.3 Å². The number of hydrogen-bond acceptors (Lipinski definition) is 6. The number of amides is 3. The molecule has 0 bridgehead atoms. The number of rotatable bonds is 8. The van der Waals surface area contributed by atoms with Gasteiger partial charge >= 0.3 is 0 Å². The molecule has 260 valence electrons. The lowest BCUT2D eigenvalue weighted by atomic mass is 10.0. The van der Waals surface area contributed by atoms with Crippen molar-refractivity contribution in [3.8, 4) is 16.9 Å². The highest BCUT2D eigenvalue weighted by Gasteiger charge is 2.40. The van der Waals surface area contributed by atoms with Crippen LogP contribution in [0, 0.1) is 6.92 Å². The largest absolute Gasteiger partial charge is 0.338 e. The summed E-state index contributed by atoms with van der Waals surface area (Å²) in [6.07, 6.45) is 7.46. The molecule has 1 saturated carbocycles. The zero-order chi connectivity index (χ0) is 35.2. The Morgan fingerprint density at radius 2 is 1.67 bits per heavy atom. The fourth-order valence-corrected chi connectivity index (χ4v) is 7.76. The van der Waals surface area contributed by atoms with Gasteiger partial charge < -0.3 is 15.1 Å². The van der Waals surface area contributed by atoms with E-state index in [0.717, 1.165) is 35.3 Å². The number of carbonyl (C=O) groups is 3. The molecule has 4 heterocycles. The molecule has 2 saturated heterocycles. The lowest BCUT2D eigenvalue weighted by molar-refractivity contribution is -0.133. The van der Waals surface area contributed by atoms with Crippen LogP contribution >= 0.6 is 23.2 Å². The van der Waals surface area contributed by atoms with Crippen LogP contribution in [0.25, 0.3) is 16.9 Å². The Balaban J connectivity index is 0.913. The van der Waals surface area contributed by atoms with Crippen molar-refractivity contribution in [1.82, 2.24) is 34.6 Å². The second kappa shape index (κ2) is 13.6. The Hall–Kier alpha value is -5.00. The number of likely N-dealkylation sites (tertiary alicyclic amines) is 2. The first kappa shape index (κ1) is 33.2. The van der Waals surface area contributed by atoms with Crippen LogP contribution in [-0.4, -0.2) is 78.0 Å². The lowest BCUT2D eigenvalue weighted by Crippen LogP contribution is -2.47. The van der Waals surface area contributed by atoms with Crippen LogP contribution < -0.4 is 5.32 Å². The van der Waals surface area contributed by atoms with E-state index >= 15 is 0 Å². The zero-order valence-electron chi connectivity index (χ0n) is 28.0. The molecule has 13 heteroatoms.